The summed E-state index contributed by atoms with van der Waals surface area (Å²) in [7, 11) is 1.47. The molecule has 0 aliphatic rings. The van der Waals surface area contributed by atoms with Gasteiger partial charge in [0.1, 0.15) is 5.75 Å². The maximum Gasteiger partial charge on any atom is 0.329 e. The van der Waals surface area contributed by atoms with Crippen LogP contribution in [0.4, 0.5) is 11.4 Å². The Labute approximate surface area is 233 Å². The van der Waals surface area contributed by atoms with Gasteiger partial charge in [-0.3, -0.25) is 14.4 Å². The first kappa shape index (κ1) is 29.7. The Balaban J connectivity index is 1.49. The molecule has 0 aromatic heterocycles. The molecular weight excluding hydrogens is 512 g/mol. The smallest absolute Gasteiger partial charge is 0.329 e. The fraction of sp³-hybridized carbons (Fsp3) is 0.267. The fourth-order valence-electron chi connectivity index (χ4n) is 3.54. The van der Waals surface area contributed by atoms with E-state index in [9.17, 15) is 14.4 Å². The molecule has 3 amide bonds. The van der Waals surface area contributed by atoms with Crippen molar-refractivity contribution in [1.29, 1.82) is 0 Å². The lowest BCUT2D eigenvalue weighted by Gasteiger charge is -2.13. The highest BCUT2D eigenvalue weighted by Gasteiger charge is 2.13. The molecule has 0 saturated carbocycles. The van der Waals surface area contributed by atoms with Crippen LogP contribution in [0.1, 0.15) is 37.8 Å². The summed E-state index contributed by atoms with van der Waals surface area (Å²) in [6, 6.07) is 19.2. The predicted octanol–water partition coefficient (Wildman–Crippen LogP) is 4.54. The lowest BCUT2D eigenvalue weighted by molar-refractivity contribution is -0.136. The van der Waals surface area contributed by atoms with Gasteiger partial charge >= 0.3 is 11.8 Å². The van der Waals surface area contributed by atoms with E-state index in [2.05, 4.69) is 28.1 Å². The van der Waals surface area contributed by atoms with E-state index < -0.39 is 11.8 Å². The first-order valence-electron chi connectivity index (χ1n) is 13.0. The molecule has 0 aliphatic carbocycles. The van der Waals surface area contributed by atoms with Crippen LogP contribution in [-0.4, -0.2) is 44.3 Å². The highest BCUT2D eigenvalue weighted by Crippen LogP contribution is 2.27. The number of ether oxygens (including phenoxy) is 3. The zero-order valence-corrected chi connectivity index (χ0v) is 22.9. The molecule has 210 valence electrons. The van der Waals surface area contributed by atoms with E-state index in [1.165, 1.54) is 13.3 Å². The molecule has 0 saturated heterocycles. The van der Waals surface area contributed by atoms with Gasteiger partial charge in [-0.25, -0.2) is 5.43 Å². The highest BCUT2D eigenvalue weighted by molar-refractivity contribution is 6.39. The second kappa shape index (κ2) is 15.5. The maximum absolute atomic E-state index is 12.4. The van der Waals surface area contributed by atoms with E-state index in [0.717, 1.165) is 30.5 Å². The second-order valence-corrected chi connectivity index (χ2v) is 8.64. The first-order valence-corrected chi connectivity index (χ1v) is 13.0. The molecule has 0 unspecified atom stereocenters. The summed E-state index contributed by atoms with van der Waals surface area (Å²) in [4.78, 5) is 36.7. The lowest BCUT2D eigenvalue weighted by Crippen LogP contribution is -2.32. The first-order chi connectivity index (χ1) is 19.4. The second-order valence-electron chi connectivity index (χ2n) is 8.64. The van der Waals surface area contributed by atoms with Crippen LogP contribution < -0.4 is 30.3 Å². The van der Waals surface area contributed by atoms with Crippen molar-refractivity contribution in [3.05, 3.63) is 77.9 Å². The quantitative estimate of drug-likeness (QED) is 0.125. The van der Waals surface area contributed by atoms with Gasteiger partial charge in [0, 0.05) is 11.4 Å². The van der Waals surface area contributed by atoms with E-state index in [1.807, 2.05) is 31.2 Å². The van der Waals surface area contributed by atoms with Crippen molar-refractivity contribution in [3.8, 4) is 17.2 Å². The van der Waals surface area contributed by atoms with Crippen molar-refractivity contribution in [3.63, 3.8) is 0 Å². The third-order valence-corrected chi connectivity index (χ3v) is 5.68. The number of methoxy groups -OCH3 is 1. The molecule has 3 N–H and O–H groups in total. The molecule has 10 heteroatoms. The number of hydrogen-bond acceptors (Lipinski definition) is 7. The van der Waals surface area contributed by atoms with Crippen molar-refractivity contribution >= 4 is 35.3 Å². The van der Waals surface area contributed by atoms with Crippen LogP contribution in [0.25, 0.3) is 0 Å². The number of aryl methyl sites for hydroxylation is 1. The Morgan fingerprint density at radius 3 is 2.38 bits per heavy atom. The van der Waals surface area contributed by atoms with Gasteiger partial charge in [-0.05, 0) is 72.5 Å². The van der Waals surface area contributed by atoms with Crippen LogP contribution in [0.3, 0.4) is 0 Å². The molecule has 0 heterocycles. The van der Waals surface area contributed by atoms with Gasteiger partial charge < -0.3 is 24.8 Å². The SMILES string of the molecule is CCCCOc1ccc(NC(=O)C(=O)N/N=C\c2ccc(OCC(=O)Nc3ccccc3CC)c(OC)c2)cc1. The molecule has 0 bridgehead atoms. The number of hydrogen-bond donors (Lipinski definition) is 3. The van der Waals surface area contributed by atoms with Gasteiger partial charge in [0.2, 0.25) is 0 Å². The molecule has 0 radical (unpaired) electrons. The lowest BCUT2D eigenvalue weighted by atomic mass is 10.1. The molecule has 3 aromatic rings. The minimum absolute atomic E-state index is 0.207. The van der Waals surface area contributed by atoms with E-state index in [0.29, 0.717) is 35.1 Å². The molecule has 10 nitrogen and oxygen atoms in total. The zero-order chi connectivity index (χ0) is 28.7. The Bertz CT molecular complexity index is 1320. The van der Waals surface area contributed by atoms with Gasteiger partial charge in [0.25, 0.3) is 5.91 Å². The van der Waals surface area contributed by atoms with Gasteiger partial charge in [-0.2, -0.15) is 5.10 Å². The van der Waals surface area contributed by atoms with Gasteiger partial charge in [0.15, 0.2) is 18.1 Å². The Hall–Kier alpha value is -4.86. The summed E-state index contributed by atoms with van der Waals surface area (Å²) in [5.41, 5.74) is 5.00. The van der Waals surface area contributed by atoms with Crippen molar-refractivity contribution in [2.24, 2.45) is 5.10 Å². The number of unbranched alkanes of at least 4 members (excludes halogenated alkanes) is 1. The fourth-order valence-corrected chi connectivity index (χ4v) is 3.54. The Morgan fingerprint density at radius 1 is 0.875 bits per heavy atom. The molecule has 3 rings (SSSR count). The van der Waals surface area contributed by atoms with Crippen molar-refractivity contribution in [1.82, 2.24) is 5.43 Å². The average molecular weight is 547 g/mol. The van der Waals surface area contributed by atoms with Crippen LogP contribution in [0, 0.1) is 0 Å². The number of para-hydroxylation sites is 1. The molecule has 0 fully saturated rings. The number of amides is 3. The van der Waals surface area contributed by atoms with Crippen LogP contribution >= 0.6 is 0 Å². The van der Waals surface area contributed by atoms with Crippen LogP contribution in [-0.2, 0) is 20.8 Å². The molecule has 0 atom stereocenters. The molecule has 40 heavy (non-hydrogen) atoms. The minimum Gasteiger partial charge on any atom is -0.494 e. The minimum atomic E-state index is -0.929. The number of benzene rings is 3. The summed E-state index contributed by atoms with van der Waals surface area (Å²) in [5, 5.41) is 9.19. The monoisotopic (exact) mass is 546 g/mol. The van der Waals surface area contributed by atoms with Crippen molar-refractivity contribution in [2.45, 2.75) is 33.1 Å². The molecule has 3 aromatic carbocycles. The molecular formula is C30H34N4O6. The highest BCUT2D eigenvalue weighted by atomic mass is 16.5. The summed E-state index contributed by atoms with van der Waals surface area (Å²) < 4.78 is 16.6. The number of nitrogens with zero attached hydrogens (tertiary/aromatic N) is 1. The summed E-state index contributed by atoms with van der Waals surface area (Å²) in [6.07, 6.45) is 4.14. The standard InChI is InChI=1S/C30H34N4O6/c1-4-6-17-39-24-14-12-23(13-15-24)32-29(36)30(37)34-31-19-21-11-16-26(27(18-21)38-3)40-20-28(35)33-25-10-8-7-9-22(25)5-2/h7-16,18-19H,4-6,17,20H2,1-3H3,(H,32,36)(H,33,35)(H,34,37)/b31-19-. The number of nitrogens with one attached hydrogen (secondary N) is 3. The van der Waals surface area contributed by atoms with Gasteiger partial charge in [-0.15, -0.1) is 0 Å². The normalized spacial score (nSPS) is 10.6. The van der Waals surface area contributed by atoms with E-state index in [-0.39, 0.29) is 12.5 Å². The number of rotatable bonds is 13. The van der Waals surface area contributed by atoms with E-state index >= 15 is 0 Å². The average Bonchev–Trinajstić information content (AvgIpc) is 2.97. The van der Waals surface area contributed by atoms with Crippen LogP contribution in [0.5, 0.6) is 17.2 Å². The summed E-state index contributed by atoms with van der Waals surface area (Å²) in [6.45, 7) is 4.51. The van der Waals surface area contributed by atoms with Crippen molar-refractivity contribution < 1.29 is 28.6 Å². The largest absolute Gasteiger partial charge is 0.494 e. The number of carbonyl (C=O) groups is 3. The molecule has 0 spiro atoms. The van der Waals surface area contributed by atoms with Gasteiger partial charge in [-0.1, -0.05) is 38.5 Å². The third kappa shape index (κ3) is 9.16. The number of carbonyl (C=O) groups excluding carboxylic acids is 3. The maximum atomic E-state index is 12.4. The summed E-state index contributed by atoms with van der Waals surface area (Å²) >= 11 is 0. The Kier molecular flexibility index (Phi) is 11.5. The number of hydrazone groups is 1. The Morgan fingerprint density at radius 2 is 1.65 bits per heavy atom. The zero-order valence-electron chi connectivity index (χ0n) is 22.9. The molecule has 0 aliphatic heterocycles. The third-order valence-electron chi connectivity index (χ3n) is 5.68. The summed E-state index contributed by atoms with van der Waals surface area (Å²) in [5.74, 6) is -0.667. The van der Waals surface area contributed by atoms with Gasteiger partial charge in [0.05, 0.1) is 19.9 Å². The topological polar surface area (TPSA) is 127 Å². The van der Waals surface area contributed by atoms with Crippen LogP contribution in [0.15, 0.2) is 71.8 Å². The van der Waals surface area contributed by atoms with E-state index in [4.69, 9.17) is 14.2 Å². The van der Waals surface area contributed by atoms with Crippen LogP contribution in [0.2, 0.25) is 0 Å². The van der Waals surface area contributed by atoms with E-state index in [1.54, 1.807) is 42.5 Å². The van der Waals surface area contributed by atoms with Crippen molar-refractivity contribution in [2.75, 3.05) is 31.0 Å². The number of anilines is 2. The predicted molar refractivity (Wildman–Crippen MR) is 154 cm³/mol.